The number of aromatic nitrogens is 1. The zero-order valence-corrected chi connectivity index (χ0v) is 19.4. The van der Waals surface area contributed by atoms with E-state index in [0.29, 0.717) is 28.4 Å². The monoisotopic (exact) mass is 453 g/mol. The highest BCUT2D eigenvalue weighted by molar-refractivity contribution is 7.92. The topological polar surface area (TPSA) is 97.4 Å². The van der Waals surface area contributed by atoms with Crippen LogP contribution < -0.4 is 14.8 Å². The van der Waals surface area contributed by atoms with E-state index in [1.54, 1.807) is 55.5 Å². The summed E-state index contributed by atoms with van der Waals surface area (Å²) in [5.41, 5.74) is 2.42. The molecule has 0 aliphatic carbocycles. The molecule has 7 nitrogen and oxygen atoms in total. The van der Waals surface area contributed by atoms with Crippen LogP contribution in [0.15, 0.2) is 65.7 Å². The van der Waals surface area contributed by atoms with Gasteiger partial charge in [-0.1, -0.05) is 19.1 Å². The van der Waals surface area contributed by atoms with E-state index in [-0.39, 0.29) is 16.8 Å². The van der Waals surface area contributed by atoms with Crippen molar-refractivity contribution in [2.45, 2.75) is 45.1 Å². The third-order valence-electron chi connectivity index (χ3n) is 4.95. The number of aryl methyl sites for hydroxylation is 2. The number of nitrogens with zero attached hydrogens (tertiary/aromatic N) is 1. The predicted molar refractivity (Wildman–Crippen MR) is 125 cm³/mol. The zero-order chi connectivity index (χ0) is 23.3. The van der Waals surface area contributed by atoms with Crippen LogP contribution in [0, 0.1) is 13.8 Å². The van der Waals surface area contributed by atoms with Gasteiger partial charge in [-0.25, -0.2) is 13.4 Å². The molecule has 0 radical (unpaired) electrons. The van der Waals surface area contributed by atoms with Crippen LogP contribution in [-0.2, 0) is 10.0 Å². The number of amides is 1. The van der Waals surface area contributed by atoms with Crippen molar-refractivity contribution in [1.82, 2.24) is 10.3 Å². The van der Waals surface area contributed by atoms with Crippen molar-refractivity contribution in [1.29, 1.82) is 0 Å². The molecular weight excluding hydrogens is 426 g/mol. The number of rotatable bonds is 8. The van der Waals surface area contributed by atoms with Crippen LogP contribution in [0.3, 0.4) is 0 Å². The van der Waals surface area contributed by atoms with E-state index in [1.165, 1.54) is 6.20 Å². The highest BCUT2D eigenvalue weighted by Crippen LogP contribution is 2.24. The molecule has 0 aliphatic rings. The first-order chi connectivity index (χ1) is 15.2. The van der Waals surface area contributed by atoms with E-state index in [1.807, 2.05) is 26.8 Å². The minimum absolute atomic E-state index is 0.0872. The lowest BCUT2D eigenvalue weighted by Crippen LogP contribution is -2.31. The van der Waals surface area contributed by atoms with Crippen molar-refractivity contribution >= 4 is 21.6 Å². The summed E-state index contributed by atoms with van der Waals surface area (Å²) in [4.78, 5) is 16.6. The lowest BCUT2D eigenvalue weighted by molar-refractivity contribution is 0.0939. The minimum Gasteiger partial charge on any atom is -0.439 e. The molecule has 1 amide bonds. The summed E-state index contributed by atoms with van der Waals surface area (Å²) in [6, 6.07) is 15.2. The van der Waals surface area contributed by atoms with Crippen molar-refractivity contribution in [3.05, 3.63) is 77.5 Å². The first-order valence-electron chi connectivity index (χ1n) is 10.3. The summed E-state index contributed by atoms with van der Waals surface area (Å²) in [7, 11) is -3.70. The van der Waals surface area contributed by atoms with Crippen LogP contribution in [0.2, 0.25) is 0 Å². The largest absolute Gasteiger partial charge is 0.439 e. The van der Waals surface area contributed by atoms with Crippen molar-refractivity contribution in [2.24, 2.45) is 0 Å². The third kappa shape index (κ3) is 5.85. The van der Waals surface area contributed by atoms with Crippen molar-refractivity contribution < 1.29 is 17.9 Å². The normalized spacial score (nSPS) is 12.1. The fourth-order valence-electron chi connectivity index (χ4n) is 2.90. The Kier molecular flexibility index (Phi) is 7.15. The van der Waals surface area contributed by atoms with Crippen LogP contribution >= 0.6 is 0 Å². The molecule has 168 valence electrons. The van der Waals surface area contributed by atoms with Crippen molar-refractivity contribution in [3.63, 3.8) is 0 Å². The Morgan fingerprint density at radius 2 is 1.78 bits per heavy atom. The zero-order valence-electron chi connectivity index (χ0n) is 18.5. The van der Waals surface area contributed by atoms with Gasteiger partial charge in [-0.3, -0.25) is 9.52 Å². The summed E-state index contributed by atoms with van der Waals surface area (Å²) in [5, 5.41) is 2.88. The number of hydrogen-bond donors (Lipinski definition) is 2. The van der Waals surface area contributed by atoms with E-state index in [9.17, 15) is 13.2 Å². The highest BCUT2D eigenvalue weighted by atomic mass is 32.2. The highest BCUT2D eigenvalue weighted by Gasteiger charge is 2.17. The van der Waals surface area contributed by atoms with Gasteiger partial charge in [-0.15, -0.1) is 0 Å². The Labute approximate surface area is 188 Å². The molecule has 3 aromatic rings. The Bertz CT molecular complexity index is 1190. The van der Waals surface area contributed by atoms with Crippen LogP contribution in [0.1, 0.15) is 41.8 Å². The summed E-state index contributed by atoms with van der Waals surface area (Å²) < 4.78 is 33.8. The Hall–Kier alpha value is -3.39. The molecule has 0 saturated carbocycles. The van der Waals surface area contributed by atoms with Gasteiger partial charge in [0.25, 0.3) is 15.9 Å². The van der Waals surface area contributed by atoms with Gasteiger partial charge >= 0.3 is 0 Å². The lowest BCUT2D eigenvalue weighted by atomic mass is 10.2. The molecule has 0 unspecified atom stereocenters. The Morgan fingerprint density at radius 3 is 2.41 bits per heavy atom. The summed E-state index contributed by atoms with van der Waals surface area (Å²) >= 11 is 0. The smallest absolute Gasteiger partial charge is 0.262 e. The second kappa shape index (κ2) is 9.82. The molecule has 1 aromatic heterocycles. The van der Waals surface area contributed by atoms with Gasteiger partial charge in [0.2, 0.25) is 5.88 Å². The first kappa shape index (κ1) is 23.3. The fraction of sp³-hybridized carbons (Fsp3) is 0.250. The molecular formula is C24H27N3O4S. The van der Waals surface area contributed by atoms with Crippen LogP contribution in [0.25, 0.3) is 0 Å². The molecule has 32 heavy (non-hydrogen) atoms. The third-order valence-corrected chi connectivity index (χ3v) is 6.47. The van der Waals surface area contributed by atoms with Gasteiger partial charge in [-0.05, 0) is 74.7 Å². The number of sulfonamides is 1. The van der Waals surface area contributed by atoms with E-state index >= 15 is 0 Å². The second-order valence-electron chi connectivity index (χ2n) is 7.67. The molecule has 0 fully saturated rings. The van der Waals surface area contributed by atoms with Gasteiger partial charge in [0.05, 0.1) is 10.5 Å². The number of carbonyl (C=O) groups is 1. The number of anilines is 1. The predicted octanol–water partition coefficient (Wildman–Crippen LogP) is 4.82. The average Bonchev–Trinajstić information content (AvgIpc) is 2.77. The Balaban J connectivity index is 1.66. The minimum atomic E-state index is -3.70. The number of ether oxygens (including phenoxy) is 1. The second-order valence-corrected chi connectivity index (χ2v) is 9.32. The quantitative estimate of drug-likeness (QED) is 0.510. The molecule has 0 spiro atoms. The van der Waals surface area contributed by atoms with Gasteiger partial charge < -0.3 is 10.1 Å². The van der Waals surface area contributed by atoms with Gasteiger partial charge in [0.1, 0.15) is 5.75 Å². The first-order valence-corrected chi connectivity index (χ1v) is 11.8. The molecule has 1 heterocycles. The number of benzene rings is 2. The summed E-state index contributed by atoms with van der Waals surface area (Å²) in [6.07, 6.45) is 2.30. The van der Waals surface area contributed by atoms with E-state index in [4.69, 9.17) is 4.74 Å². The van der Waals surface area contributed by atoms with Crippen LogP contribution in [-0.4, -0.2) is 25.4 Å². The number of nitrogens with one attached hydrogen (secondary N) is 2. The van der Waals surface area contributed by atoms with E-state index in [2.05, 4.69) is 15.0 Å². The van der Waals surface area contributed by atoms with Gasteiger partial charge in [-0.2, -0.15) is 0 Å². The molecule has 0 saturated heterocycles. The molecule has 3 rings (SSSR count). The number of carbonyl (C=O) groups excluding carboxylic acids is 1. The molecule has 2 aromatic carbocycles. The summed E-state index contributed by atoms with van der Waals surface area (Å²) in [6.45, 7) is 7.55. The van der Waals surface area contributed by atoms with E-state index in [0.717, 1.165) is 12.0 Å². The molecule has 2 N–H and O–H groups in total. The number of pyridine rings is 1. The van der Waals surface area contributed by atoms with Gasteiger partial charge in [0.15, 0.2) is 0 Å². The Morgan fingerprint density at radius 1 is 1.06 bits per heavy atom. The average molecular weight is 454 g/mol. The maximum atomic E-state index is 12.7. The van der Waals surface area contributed by atoms with Crippen molar-refractivity contribution in [2.75, 3.05) is 4.72 Å². The molecule has 8 heteroatoms. The standard InChI is InChI=1S/C24H27N3O4S/c1-5-18(4)26-24(28)19-8-13-23(25-15-19)31-21-11-9-20(10-12-21)27-32(29,30)22-14-16(2)6-7-17(22)3/h6-15,18,27H,5H2,1-4H3,(H,26,28)/t18-/m0/s1. The van der Waals surface area contributed by atoms with Crippen LogP contribution in [0.5, 0.6) is 11.6 Å². The maximum absolute atomic E-state index is 12.7. The maximum Gasteiger partial charge on any atom is 0.262 e. The molecule has 0 aliphatic heterocycles. The molecule has 1 atom stereocenters. The lowest BCUT2D eigenvalue weighted by Gasteiger charge is -2.12. The van der Waals surface area contributed by atoms with E-state index < -0.39 is 10.0 Å². The SMILES string of the molecule is CC[C@H](C)NC(=O)c1ccc(Oc2ccc(NS(=O)(=O)c3cc(C)ccc3C)cc2)nc1. The van der Waals surface area contributed by atoms with Crippen molar-refractivity contribution in [3.8, 4) is 11.6 Å². The van der Waals surface area contributed by atoms with Gasteiger partial charge in [0, 0.05) is 24.0 Å². The van der Waals surface area contributed by atoms with Crippen LogP contribution in [0.4, 0.5) is 5.69 Å². The number of hydrogen-bond acceptors (Lipinski definition) is 5. The summed E-state index contributed by atoms with van der Waals surface area (Å²) in [5.74, 6) is 0.636. The molecule has 0 bridgehead atoms. The fourth-order valence-corrected chi connectivity index (χ4v) is 4.29.